The summed E-state index contributed by atoms with van der Waals surface area (Å²) in [7, 11) is 1.61. The van der Waals surface area contributed by atoms with Crippen LogP contribution >= 0.6 is 11.6 Å². The van der Waals surface area contributed by atoms with Gasteiger partial charge in [-0.1, -0.05) is 16.8 Å². The molecule has 1 aromatic carbocycles. The molecule has 5 heteroatoms. The van der Waals surface area contributed by atoms with Crippen LogP contribution in [0.4, 0.5) is 5.88 Å². The number of hydrogen-bond donors (Lipinski definition) is 1. The molecule has 0 aliphatic carbocycles. The molecule has 2 rings (SSSR count). The van der Waals surface area contributed by atoms with Gasteiger partial charge >= 0.3 is 0 Å². The predicted octanol–water partition coefficient (Wildman–Crippen LogP) is 2.51. The first-order valence-electron chi connectivity index (χ1n) is 4.72. The van der Waals surface area contributed by atoms with Crippen LogP contribution in [0, 0.1) is 0 Å². The number of halogens is 1. The summed E-state index contributed by atoms with van der Waals surface area (Å²) in [5, 5.41) is 4.48. The van der Waals surface area contributed by atoms with Gasteiger partial charge in [-0.25, -0.2) is 0 Å². The smallest absolute Gasteiger partial charge is 0.222 e. The zero-order valence-electron chi connectivity index (χ0n) is 8.74. The predicted molar refractivity (Wildman–Crippen MR) is 61.7 cm³/mol. The fourth-order valence-electron chi connectivity index (χ4n) is 1.49. The van der Waals surface area contributed by atoms with E-state index in [1.54, 1.807) is 19.2 Å². The Morgan fingerprint density at radius 1 is 1.44 bits per heavy atom. The lowest BCUT2D eigenvalue weighted by Crippen LogP contribution is -1.94. The Bertz CT molecular complexity index is 496. The summed E-state index contributed by atoms with van der Waals surface area (Å²) in [6.45, 7) is 0. The molecule has 0 atom stereocenters. The number of aromatic nitrogens is 1. The Labute approximate surface area is 97.9 Å². The molecule has 0 bridgehead atoms. The van der Waals surface area contributed by atoms with E-state index in [1.165, 1.54) is 0 Å². The first-order valence-corrected chi connectivity index (χ1v) is 5.10. The van der Waals surface area contributed by atoms with E-state index in [1.807, 2.05) is 12.1 Å². The van der Waals surface area contributed by atoms with Crippen LogP contribution in [0.3, 0.4) is 0 Å². The molecule has 4 nitrogen and oxygen atoms in total. The summed E-state index contributed by atoms with van der Waals surface area (Å²) < 4.78 is 10.0. The molecule has 0 amide bonds. The molecule has 0 radical (unpaired) electrons. The van der Waals surface area contributed by atoms with Gasteiger partial charge in [0.05, 0.1) is 12.8 Å². The second kappa shape index (κ2) is 4.45. The number of ether oxygens (including phenoxy) is 1. The molecule has 0 spiro atoms. The average Bonchev–Trinajstić information content (AvgIpc) is 2.64. The minimum atomic E-state index is 0.302. The van der Waals surface area contributed by atoms with Gasteiger partial charge in [-0.2, -0.15) is 0 Å². The molecule has 16 heavy (non-hydrogen) atoms. The highest BCUT2D eigenvalue weighted by molar-refractivity contribution is 6.30. The minimum absolute atomic E-state index is 0.302. The van der Waals surface area contributed by atoms with E-state index in [-0.39, 0.29) is 0 Å². The highest BCUT2D eigenvalue weighted by atomic mass is 35.5. The van der Waals surface area contributed by atoms with E-state index in [2.05, 4.69) is 5.16 Å². The van der Waals surface area contributed by atoms with Gasteiger partial charge in [0.2, 0.25) is 5.88 Å². The maximum absolute atomic E-state index is 5.92. The van der Waals surface area contributed by atoms with E-state index in [4.69, 9.17) is 26.6 Å². The van der Waals surface area contributed by atoms with Crippen molar-refractivity contribution in [1.82, 2.24) is 5.16 Å². The van der Waals surface area contributed by atoms with Gasteiger partial charge in [-0.3, -0.25) is 0 Å². The van der Waals surface area contributed by atoms with Crippen molar-refractivity contribution >= 4 is 17.5 Å². The van der Waals surface area contributed by atoms with Crippen molar-refractivity contribution in [3.05, 3.63) is 40.5 Å². The number of nitrogen functional groups attached to an aromatic ring is 1. The number of anilines is 1. The van der Waals surface area contributed by atoms with Crippen molar-refractivity contribution in [2.24, 2.45) is 0 Å². The largest absolute Gasteiger partial charge is 0.496 e. The molecule has 0 aliphatic rings. The van der Waals surface area contributed by atoms with E-state index >= 15 is 0 Å². The van der Waals surface area contributed by atoms with E-state index in [0.717, 1.165) is 17.0 Å². The monoisotopic (exact) mass is 238 g/mol. The lowest BCUT2D eigenvalue weighted by atomic mass is 10.1. The molecule has 0 aliphatic heterocycles. The normalized spacial score (nSPS) is 10.4. The molecule has 2 N–H and O–H groups in total. The van der Waals surface area contributed by atoms with Crippen molar-refractivity contribution in [3.8, 4) is 5.75 Å². The summed E-state index contributed by atoms with van der Waals surface area (Å²) in [6, 6.07) is 7.12. The van der Waals surface area contributed by atoms with Crippen LogP contribution in [0.2, 0.25) is 5.02 Å². The van der Waals surface area contributed by atoms with Crippen LogP contribution in [0.5, 0.6) is 5.75 Å². The maximum atomic E-state index is 5.92. The summed E-state index contributed by atoms with van der Waals surface area (Å²) in [5.41, 5.74) is 7.14. The first-order chi connectivity index (χ1) is 7.69. The van der Waals surface area contributed by atoms with Crippen LogP contribution in [-0.4, -0.2) is 12.3 Å². The van der Waals surface area contributed by atoms with Gasteiger partial charge in [0.15, 0.2) is 0 Å². The SMILES string of the molecule is COc1ccc(Cl)cc1Cc1cc(N)on1. The van der Waals surface area contributed by atoms with Crippen LogP contribution in [-0.2, 0) is 6.42 Å². The fraction of sp³-hybridized carbons (Fsp3) is 0.182. The highest BCUT2D eigenvalue weighted by Gasteiger charge is 2.08. The lowest BCUT2D eigenvalue weighted by Gasteiger charge is -2.06. The molecule has 0 fully saturated rings. The molecule has 0 unspecified atom stereocenters. The third-order valence-corrected chi connectivity index (χ3v) is 2.43. The highest BCUT2D eigenvalue weighted by Crippen LogP contribution is 2.25. The van der Waals surface area contributed by atoms with E-state index in [9.17, 15) is 0 Å². The average molecular weight is 239 g/mol. The summed E-state index contributed by atoms with van der Waals surface area (Å²) in [6.07, 6.45) is 0.574. The van der Waals surface area contributed by atoms with Crippen molar-refractivity contribution < 1.29 is 9.26 Å². The molecular formula is C11H11ClN2O2. The van der Waals surface area contributed by atoms with Gasteiger partial charge in [0.1, 0.15) is 5.75 Å². The number of hydrogen-bond acceptors (Lipinski definition) is 4. The molecule has 1 heterocycles. The zero-order valence-corrected chi connectivity index (χ0v) is 9.49. The van der Waals surface area contributed by atoms with E-state index in [0.29, 0.717) is 17.3 Å². The Kier molecular flexibility index (Phi) is 3.01. The van der Waals surface area contributed by atoms with Gasteiger partial charge in [0, 0.05) is 23.1 Å². The number of rotatable bonds is 3. The van der Waals surface area contributed by atoms with Gasteiger partial charge in [-0.15, -0.1) is 0 Å². The third-order valence-electron chi connectivity index (χ3n) is 2.19. The van der Waals surface area contributed by atoms with E-state index < -0.39 is 0 Å². The first kappa shape index (κ1) is 10.8. The van der Waals surface area contributed by atoms with Crippen LogP contribution < -0.4 is 10.5 Å². The third kappa shape index (κ3) is 2.28. The zero-order chi connectivity index (χ0) is 11.5. The lowest BCUT2D eigenvalue weighted by molar-refractivity contribution is 0.408. The standard InChI is InChI=1S/C11H11ClN2O2/c1-15-10-3-2-8(12)4-7(10)5-9-6-11(13)16-14-9/h2-4,6H,5,13H2,1H3. The molecule has 2 aromatic rings. The van der Waals surface area contributed by atoms with Crippen molar-refractivity contribution in [3.63, 3.8) is 0 Å². The van der Waals surface area contributed by atoms with Crippen molar-refractivity contribution in [2.45, 2.75) is 6.42 Å². The van der Waals surface area contributed by atoms with Crippen molar-refractivity contribution in [2.75, 3.05) is 12.8 Å². The van der Waals surface area contributed by atoms with Crippen LogP contribution in [0.25, 0.3) is 0 Å². The Morgan fingerprint density at radius 3 is 2.88 bits per heavy atom. The van der Waals surface area contributed by atoms with Gasteiger partial charge in [0.25, 0.3) is 0 Å². The van der Waals surface area contributed by atoms with Crippen molar-refractivity contribution in [1.29, 1.82) is 0 Å². The number of methoxy groups -OCH3 is 1. The van der Waals surface area contributed by atoms with Crippen LogP contribution in [0.1, 0.15) is 11.3 Å². The Hall–Kier alpha value is -1.68. The number of benzene rings is 1. The maximum Gasteiger partial charge on any atom is 0.222 e. The quantitative estimate of drug-likeness (QED) is 0.893. The Morgan fingerprint density at radius 2 is 2.25 bits per heavy atom. The second-order valence-corrected chi connectivity index (χ2v) is 3.79. The topological polar surface area (TPSA) is 61.3 Å². The summed E-state index contributed by atoms with van der Waals surface area (Å²) in [5.74, 6) is 1.07. The fourth-order valence-corrected chi connectivity index (χ4v) is 1.69. The summed E-state index contributed by atoms with van der Waals surface area (Å²) in [4.78, 5) is 0. The van der Waals surface area contributed by atoms with Gasteiger partial charge in [-0.05, 0) is 18.2 Å². The second-order valence-electron chi connectivity index (χ2n) is 3.35. The van der Waals surface area contributed by atoms with Crippen LogP contribution in [0.15, 0.2) is 28.8 Å². The Balaban J connectivity index is 2.29. The number of nitrogens with zero attached hydrogens (tertiary/aromatic N) is 1. The molecule has 0 saturated heterocycles. The summed E-state index contributed by atoms with van der Waals surface area (Å²) >= 11 is 5.92. The molecule has 84 valence electrons. The molecule has 1 aromatic heterocycles. The minimum Gasteiger partial charge on any atom is -0.496 e. The van der Waals surface area contributed by atoms with Gasteiger partial charge < -0.3 is 15.0 Å². The number of nitrogens with two attached hydrogens (primary N) is 1. The molecule has 0 saturated carbocycles. The molecular weight excluding hydrogens is 228 g/mol.